The maximum absolute atomic E-state index is 5.94. The fraction of sp³-hybridized carbons (Fsp3) is 0.214. The number of hydrogen-bond acceptors (Lipinski definition) is 6. The van der Waals surface area contributed by atoms with Crippen molar-refractivity contribution in [2.75, 3.05) is 0 Å². The van der Waals surface area contributed by atoms with Crippen molar-refractivity contribution in [3.8, 4) is 57.1 Å². The summed E-state index contributed by atoms with van der Waals surface area (Å²) in [5, 5.41) is 15.0. The Morgan fingerprint density at radius 1 is 0.583 bits per heavy atom. The van der Waals surface area contributed by atoms with Gasteiger partial charge in [-0.3, -0.25) is 10.2 Å². The van der Waals surface area contributed by atoms with E-state index >= 15 is 0 Å². The number of nitrogens with zero attached hydrogens (tertiary/aromatic N) is 4. The number of rotatable bonds is 8. The Hall–Kier alpha value is -4.46. The summed E-state index contributed by atoms with van der Waals surface area (Å²) >= 11 is 0. The molecule has 182 valence electrons. The fourth-order valence-electron chi connectivity index (χ4n) is 3.86. The highest BCUT2D eigenvalue weighted by Gasteiger charge is 2.16. The highest BCUT2D eigenvalue weighted by atomic mass is 16.5. The molecule has 8 heteroatoms. The Kier molecular flexibility index (Phi) is 6.49. The number of hydrogen-bond donors (Lipinski definition) is 2. The van der Waals surface area contributed by atoms with Crippen molar-refractivity contribution in [1.29, 1.82) is 0 Å². The van der Waals surface area contributed by atoms with Gasteiger partial charge < -0.3 is 9.47 Å². The second kappa shape index (κ2) is 10.0. The minimum atomic E-state index is 0.0559. The van der Waals surface area contributed by atoms with Crippen molar-refractivity contribution in [2.24, 2.45) is 0 Å². The van der Waals surface area contributed by atoms with Gasteiger partial charge in [0.05, 0.1) is 23.3 Å². The number of H-pyrrole nitrogens is 2. The smallest absolute Gasteiger partial charge is 0.181 e. The van der Waals surface area contributed by atoms with E-state index in [0.717, 1.165) is 33.8 Å². The standard InChI is InChI=1S/C28H28N6O2/c1-17(2)35-23-14-7-5-12-21(23)27-29-25(31-33-27)19-10-9-11-20(16-19)26-30-28(34-32-26)22-13-6-8-15-24(22)36-18(3)4/h5-18H,1-4H3,(H,29,31,33)(H,30,32,34). The van der Waals surface area contributed by atoms with Crippen LogP contribution in [0.2, 0.25) is 0 Å². The van der Waals surface area contributed by atoms with E-state index in [4.69, 9.17) is 19.4 Å². The first-order valence-electron chi connectivity index (χ1n) is 12.0. The molecule has 0 fully saturated rings. The third-order valence-corrected chi connectivity index (χ3v) is 5.36. The molecule has 5 rings (SSSR count). The molecule has 0 unspecified atom stereocenters. The molecule has 0 saturated carbocycles. The van der Waals surface area contributed by atoms with E-state index in [-0.39, 0.29) is 12.2 Å². The first kappa shape index (κ1) is 23.3. The van der Waals surface area contributed by atoms with Crippen LogP contribution in [0.15, 0.2) is 72.8 Å². The molecular formula is C28H28N6O2. The fourth-order valence-corrected chi connectivity index (χ4v) is 3.86. The van der Waals surface area contributed by atoms with Gasteiger partial charge in [-0.15, -0.1) is 0 Å². The number of benzene rings is 3. The summed E-state index contributed by atoms with van der Waals surface area (Å²) in [6.07, 6.45) is 0.112. The number of para-hydroxylation sites is 2. The third kappa shape index (κ3) is 4.98. The van der Waals surface area contributed by atoms with Crippen molar-refractivity contribution in [2.45, 2.75) is 39.9 Å². The Balaban J connectivity index is 1.43. The molecule has 0 saturated heterocycles. The van der Waals surface area contributed by atoms with E-state index in [1.165, 1.54) is 0 Å². The summed E-state index contributed by atoms with van der Waals surface area (Å²) in [5.74, 6) is 3.98. The van der Waals surface area contributed by atoms with Crippen molar-refractivity contribution < 1.29 is 9.47 Å². The average molecular weight is 481 g/mol. The summed E-state index contributed by atoms with van der Waals surface area (Å²) in [7, 11) is 0. The third-order valence-electron chi connectivity index (χ3n) is 5.36. The number of ether oxygens (including phenoxy) is 2. The Morgan fingerprint density at radius 2 is 1.03 bits per heavy atom. The van der Waals surface area contributed by atoms with Crippen molar-refractivity contribution in [3.63, 3.8) is 0 Å². The molecule has 0 aliphatic rings. The van der Waals surface area contributed by atoms with Crippen LogP contribution < -0.4 is 9.47 Å². The molecule has 36 heavy (non-hydrogen) atoms. The van der Waals surface area contributed by atoms with Gasteiger partial charge in [0.2, 0.25) is 0 Å². The molecule has 2 aromatic heterocycles. The number of aromatic nitrogens is 6. The first-order valence-corrected chi connectivity index (χ1v) is 12.0. The van der Waals surface area contributed by atoms with Crippen LogP contribution in [0.5, 0.6) is 11.5 Å². The molecule has 3 aromatic carbocycles. The molecule has 8 nitrogen and oxygen atoms in total. The van der Waals surface area contributed by atoms with E-state index < -0.39 is 0 Å². The molecule has 0 radical (unpaired) electrons. The van der Waals surface area contributed by atoms with Crippen LogP contribution in [0.4, 0.5) is 0 Å². The van der Waals surface area contributed by atoms with Crippen LogP contribution in [0.3, 0.4) is 0 Å². The van der Waals surface area contributed by atoms with Gasteiger partial charge in [0.15, 0.2) is 23.3 Å². The van der Waals surface area contributed by atoms with E-state index in [1.807, 2.05) is 100 Å². The largest absolute Gasteiger partial charge is 0.490 e. The normalized spacial score (nSPS) is 11.3. The molecule has 5 aromatic rings. The van der Waals surface area contributed by atoms with E-state index in [9.17, 15) is 0 Å². The molecule has 0 bridgehead atoms. The molecule has 0 spiro atoms. The lowest BCUT2D eigenvalue weighted by atomic mass is 10.1. The highest BCUT2D eigenvalue weighted by Crippen LogP contribution is 2.32. The van der Waals surface area contributed by atoms with Crippen LogP contribution in [-0.2, 0) is 0 Å². The number of nitrogens with one attached hydrogen (secondary N) is 2. The van der Waals surface area contributed by atoms with Crippen molar-refractivity contribution >= 4 is 0 Å². The van der Waals surface area contributed by atoms with Gasteiger partial charge in [0, 0.05) is 11.1 Å². The summed E-state index contributed by atoms with van der Waals surface area (Å²) < 4.78 is 11.9. The van der Waals surface area contributed by atoms with Crippen LogP contribution in [0.25, 0.3) is 45.6 Å². The first-order chi connectivity index (χ1) is 17.5. The summed E-state index contributed by atoms with van der Waals surface area (Å²) in [6, 6.07) is 23.5. The Bertz CT molecular complexity index is 1360. The van der Waals surface area contributed by atoms with Gasteiger partial charge in [-0.2, -0.15) is 10.2 Å². The Labute approximate surface area is 209 Å². The SMILES string of the molecule is CC(C)Oc1ccccc1-c1nc(-c2cccc(-c3n[nH]c(-c4ccccc4OC(C)C)n3)c2)n[nH]1. The molecule has 0 aliphatic heterocycles. The van der Waals surface area contributed by atoms with Crippen LogP contribution in [0.1, 0.15) is 27.7 Å². The van der Waals surface area contributed by atoms with Crippen LogP contribution in [0, 0.1) is 0 Å². The predicted octanol–water partition coefficient (Wildman–Crippen LogP) is 6.17. The quantitative estimate of drug-likeness (QED) is 0.276. The summed E-state index contributed by atoms with van der Waals surface area (Å²) in [5.41, 5.74) is 3.43. The second-order valence-electron chi connectivity index (χ2n) is 8.92. The average Bonchev–Trinajstić information content (AvgIpc) is 3.55. The molecule has 0 atom stereocenters. The minimum absolute atomic E-state index is 0.0559. The van der Waals surface area contributed by atoms with Gasteiger partial charge in [0.25, 0.3) is 0 Å². The van der Waals surface area contributed by atoms with Gasteiger partial charge in [-0.1, -0.05) is 42.5 Å². The predicted molar refractivity (Wildman–Crippen MR) is 140 cm³/mol. The lowest BCUT2D eigenvalue weighted by Gasteiger charge is -2.12. The topological polar surface area (TPSA) is 102 Å². The maximum atomic E-state index is 5.94. The number of aromatic amines is 2. The van der Waals surface area contributed by atoms with Crippen molar-refractivity contribution in [3.05, 3.63) is 72.8 Å². The van der Waals surface area contributed by atoms with Gasteiger partial charge >= 0.3 is 0 Å². The monoisotopic (exact) mass is 480 g/mol. The lowest BCUT2D eigenvalue weighted by Crippen LogP contribution is -2.06. The second-order valence-corrected chi connectivity index (χ2v) is 8.92. The lowest BCUT2D eigenvalue weighted by molar-refractivity contribution is 0.243. The molecule has 0 aliphatic carbocycles. The maximum Gasteiger partial charge on any atom is 0.181 e. The Morgan fingerprint density at radius 3 is 1.47 bits per heavy atom. The van der Waals surface area contributed by atoms with Crippen LogP contribution >= 0.6 is 0 Å². The minimum Gasteiger partial charge on any atom is -0.490 e. The zero-order valence-electron chi connectivity index (χ0n) is 20.7. The van der Waals surface area contributed by atoms with Gasteiger partial charge in [-0.25, -0.2) is 9.97 Å². The van der Waals surface area contributed by atoms with Crippen molar-refractivity contribution in [1.82, 2.24) is 30.4 Å². The van der Waals surface area contributed by atoms with E-state index in [0.29, 0.717) is 23.3 Å². The van der Waals surface area contributed by atoms with Gasteiger partial charge in [-0.05, 0) is 58.0 Å². The summed E-state index contributed by atoms with van der Waals surface area (Å²) in [4.78, 5) is 9.47. The van der Waals surface area contributed by atoms with Gasteiger partial charge in [0.1, 0.15) is 11.5 Å². The molecule has 0 amide bonds. The van der Waals surface area contributed by atoms with E-state index in [2.05, 4.69) is 20.4 Å². The summed E-state index contributed by atoms with van der Waals surface area (Å²) in [6.45, 7) is 7.99. The molecule has 2 heterocycles. The molecule has 2 N–H and O–H groups in total. The zero-order chi connectivity index (χ0) is 25.1. The zero-order valence-corrected chi connectivity index (χ0v) is 20.7. The highest BCUT2D eigenvalue weighted by molar-refractivity contribution is 5.71. The van der Waals surface area contributed by atoms with Crippen LogP contribution in [-0.4, -0.2) is 42.6 Å². The van der Waals surface area contributed by atoms with E-state index in [1.54, 1.807) is 0 Å². The molecular weight excluding hydrogens is 452 g/mol.